The Morgan fingerprint density at radius 3 is 2.85 bits per heavy atom. The summed E-state index contributed by atoms with van der Waals surface area (Å²) in [6.45, 7) is 0.424. The van der Waals surface area contributed by atoms with Gasteiger partial charge in [-0.05, 0) is 40.0 Å². The lowest BCUT2D eigenvalue weighted by atomic mass is 10.2. The lowest BCUT2D eigenvalue weighted by Gasteiger charge is -2.20. The minimum absolute atomic E-state index is 0.0116. The molecule has 0 fully saturated rings. The summed E-state index contributed by atoms with van der Waals surface area (Å²) in [5, 5.41) is 0. The number of rotatable bonds is 2. The predicted octanol–water partition coefficient (Wildman–Crippen LogP) is 2.18. The van der Waals surface area contributed by atoms with Crippen molar-refractivity contribution in [3.8, 4) is 0 Å². The van der Waals surface area contributed by atoms with Crippen molar-refractivity contribution in [2.24, 2.45) is 0 Å². The maximum absolute atomic E-state index is 12.8. The van der Waals surface area contributed by atoms with Crippen LogP contribution in [0.2, 0.25) is 0 Å². The first-order chi connectivity index (χ1) is 9.50. The molecule has 7 heteroatoms. The minimum atomic E-state index is -3.69. The Bertz CT molecular complexity index is 777. The fourth-order valence-corrected chi connectivity index (χ4v) is 4.40. The molecule has 20 heavy (non-hydrogen) atoms. The van der Waals surface area contributed by atoms with E-state index in [1.54, 1.807) is 0 Å². The van der Waals surface area contributed by atoms with Gasteiger partial charge in [0, 0.05) is 17.2 Å². The fraction of sp³-hybridized carbons (Fsp3) is 0.154. The summed E-state index contributed by atoms with van der Waals surface area (Å²) in [4.78, 5) is 3.93. The first kappa shape index (κ1) is 13.4. The molecule has 5 nitrogen and oxygen atoms in total. The van der Waals surface area contributed by atoms with Crippen LogP contribution in [-0.2, 0) is 16.4 Å². The van der Waals surface area contributed by atoms with Crippen molar-refractivity contribution < 1.29 is 8.42 Å². The Kier molecular flexibility index (Phi) is 3.18. The van der Waals surface area contributed by atoms with Crippen LogP contribution in [0.4, 0.5) is 11.5 Å². The van der Waals surface area contributed by atoms with Crippen molar-refractivity contribution in [3.05, 3.63) is 46.6 Å². The molecule has 0 unspecified atom stereocenters. The third-order valence-corrected chi connectivity index (χ3v) is 5.54. The zero-order valence-electron chi connectivity index (χ0n) is 10.5. The highest BCUT2D eigenvalue weighted by molar-refractivity contribution is 9.10. The van der Waals surface area contributed by atoms with Gasteiger partial charge in [-0.1, -0.05) is 18.2 Å². The highest BCUT2D eigenvalue weighted by Gasteiger charge is 2.32. The third-order valence-electron chi connectivity index (χ3n) is 3.26. The van der Waals surface area contributed by atoms with Crippen LogP contribution in [-0.4, -0.2) is 19.9 Å². The molecule has 104 valence electrons. The van der Waals surface area contributed by atoms with Crippen LogP contribution < -0.4 is 10.0 Å². The Labute approximate surface area is 125 Å². The van der Waals surface area contributed by atoms with E-state index < -0.39 is 10.0 Å². The van der Waals surface area contributed by atoms with Crippen LogP contribution in [0, 0.1) is 0 Å². The van der Waals surface area contributed by atoms with Crippen molar-refractivity contribution in [1.29, 1.82) is 0 Å². The molecule has 2 N–H and O–H groups in total. The Morgan fingerprint density at radius 1 is 1.30 bits per heavy atom. The molecule has 3 rings (SSSR count). The van der Waals surface area contributed by atoms with E-state index >= 15 is 0 Å². The van der Waals surface area contributed by atoms with Gasteiger partial charge in [-0.25, -0.2) is 13.4 Å². The van der Waals surface area contributed by atoms with Crippen molar-refractivity contribution >= 4 is 37.5 Å². The molecule has 1 aliphatic heterocycles. The van der Waals surface area contributed by atoms with Crippen molar-refractivity contribution in [2.75, 3.05) is 16.6 Å². The van der Waals surface area contributed by atoms with E-state index in [1.165, 1.54) is 16.6 Å². The summed E-state index contributed by atoms with van der Waals surface area (Å²) in [6, 6.07) is 8.96. The summed E-state index contributed by atoms with van der Waals surface area (Å²) in [5.74, 6) is 0.0116. The first-order valence-corrected chi connectivity index (χ1v) is 8.25. The Hall–Kier alpha value is -1.60. The van der Waals surface area contributed by atoms with Crippen LogP contribution in [0.15, 0.2) is 45.9 Å². The fourth-order valence-electron chi connectivity index (χ4n) is 2.31. The monoisotopic (exact) mass is 353 g/mol. The van der Waals surface area contributed by atoms with Gasteiger partial charge in [0.1, 0.15) is 10.7 Å². The summed E-state index contributed by atoms with van der Waals surface area (Å²) < 4.78 is 27.5. The van der Waals surface area contributed by atoms with E-state index in [0.29, 0.717) is 23.1 Å². The number of fused-ring (bicyclic) bond motifs is 1. The lowest BCUT2D eigenvalue weighted by molar-refractivity contribution is 0.592. The number of pyridine rings is 1. The number of halogens is 1. The topological polar surface area (TPSA) is 76.3 Å². The second-order valence-electron chi connectivity index (χ2n) is 4.49. The van der Waals surface area contributed by atoms with Crippen LogP contribution in [0.5, 0.6) is 0 Å². The zero-order valence-corrected chi connectivity index (χ0v) is 12.9. The Morgan fingerprint density at radius 2 is 2.05 bits per heavy atom. The predicted molar refractivity (Wildman–Crippen MR) is 81.0 cm³/mol. The summed E-state index contributed by atoms with van der Waals surface area (Å²) >= 11 is 3.23. The lowest BCUT2D eigenvalue weighted by Crippen LogP contribution is -2.30. The SMILES string of the molecule is Nc1ncc(Br)cc1S(=O)(=O)N1CCc2ccccc21. The van der Waals surface area contributed by atoms with E-state index in [-0.39, 0.29) is 10.7 Å². The molecule has 2 heterocycles. The molecule has 0 bridgehead atoms. The van der Waals surface area contributed by atoms with E-state index in [2.05, 4.69) is 20.9 Å². The normalized spacial score (nSPS) is 14.3. The highest BCUT2D eigenvalue weighted by atomic mass is 79.9. The molecule has 0 saturated carbocycles. The van der Waals surface area contributed by atoms with Gasteiger partial charge in [-0.3, -0.25) is 4.31 Å². The molecule has 1 aromatic carbocycles. The van der Waals surface area contributed by atoms with Crippen LogP contribution >= 0.6 is 15.9 Å². The third kappa shape index (κ3) is 2.06. The number of anilines is 2. The van der Waals surface area contributed by atoms with Gasteiger partial charge in [-0.15, -0.1) is 0 Å². The number of aromatic nitrogens is 1. The molecule has 1 aliphatic rings. The maximum atomic E-state index is 12.8. The standard InChI is InChI=1S/C13H12BrN3O2S/c14-10-7-12(13(15)16-8-10)20(18,19)17-6-5-9-3-1-2-4-11(9)17/h1-4,7-8H,5-6H2,(H2,15,16). The van der Waals surface area contributed by atoms with Gasteiger partial charge in [0.05, 0.1) is 5.69 Å². The number of para-hydroxylation sites is 1. The van der Waals surface area contributed by atoms with E-state index in [9.17, 15) is 8.42 Å². The average Bonchev–Trinajstić information content (AvgIpc) is 2.86. The van der Waals surface area contributed by atoms with E-state index in [0.717, 1.165) is 5.56 Å². The van der Waals surface area contributed by atoms with E-state index in [4.69, 9.17) is 5.73 Å². The maximum Gasteiger partial charge on any atom is 0.268 e. The van der Waals surface area contributed by atoms with E-state index in [1.807, 2.05) is 24.3 Å². The largest absolute Gasteiger partial charge is 0.383 e. The van der Waals surface area contributed by atoms with Crippen molar-refractivity contribution in [3.63, 3.8) is 0 Å². The number of hydrogen-bond acceptors (Lipinski definition) is 4. The minimum Gasteiger partial charge on any atom is -0.383 e. The number of nitrogens with two attached hydrogens (primary N) is 1. The quantitative estimate of drug-likeness (QED) is 0.897. The number of benzene rings is 1. The van der Waals surface area contributed by atoms with Gasteiger partial charge in [0.2, 0.25) is 0 Å². The highest BCUT2D eigenvalue weighted by Crippen LogP contribution is 2.34. The van der Waals surface area contributed by atoms with Crippen molar-refractivity contribution in [2.45, 2.75) is 11.3 Å². The van der Waals surface area contributed by atoms with Crippen LogP contribution in [0.3, 0.4) is 0 Å². The number of nitrogen functional groups attached to an aromatic ring is 1. The van der Waals surface area contributed by atoms with Gasteiger partial charge in [-0.2, -0.15) is 0 Å². The smallest absolute Gasteiger partial charge is 0.268 e. The number of hydrogen-bond donors (Lipinski definition) is 1. The second-order valence-corrected chi connectivity index (χ2v) is 7.24. The Balaban J connectivity index is 2.13. The molecule has 0 radical (unpaired) electrons. The molecule has 0 amide bonds. The van der Waals surface area contributed by atoms with Gasteiger partial charge >= 0.3 is 0 Å². The number of sulfonamides is 1. The first-order valence-electron chi connectivity index (χ1n) is 6.02. The molecular formula is C13H12BrN3O2S. The molecule has 1 aromatic heterocycles. The van der Waals surface area contributed by atoms with Gasteiger partial charge in [0.25, 0.3) is 10.0 Å². The summed E-state index contributed by atoms with van der Waals surface area (Å²) in [7, 11) is -3.69. The second kappa shape index (κ2) is 4.75. The van der Waals surface area contributed by atoms with Crippen molar-refractivity contribution in [1.82, 2.24) is 4.98 Å². The van der Waals surface area contributed by atoms with Gasteiger partial charge < -0.3 is 5.73 Å². The van der Waals surface area contributed by atoms with Gasteiger partial charge in [0.15, 0.2) is 0 Å². The number of nitrogens with zero attached hydrogens (tertiary/aromatic N) is 2. The molecule has 0 spiro atoms. The molecule has 0 aliphatic carbocycles. The molecule has 2 aromatic rings. The summed E-state index contributed by atoms with van der Waals surface area (Å²) in [6.07, 6.45) is 2.18. The van der Waals surface area contributed by atoms with Crippen LogP contribution in [0.1, 0.15) is 5.56 Å². The molecule has 0 saturated heterocycles. The zero-order chi connectivity index (χ0) is 14.3. The average molecular weight is 354 g/mol. The summed E-state index contributed by atoms with van der Waals surface area (Å²) in [5.41, 5.74) is 7.47. The molecular weight excluding hydrogens is 342 g/mol. The van der Waals surface area contributed by atoms with Crippen LogP contribution in [0.25, 0.3) is 0 Å². The molecule has 0 atom stereocenters.